The summed E-state index contributed by atoms with van der Waals surface area (Å²) in [7, 11) is 0. The molecule has 0 amide bonds. The molecule has 0 aliphatic rings. The molecule has 0 spiro atoms. The third kappa shape index (κ3) is 1.53. The molecule has 0 fully saturated rings. The van der Waals surface area contributed by atoms with Crippen molar-refractivity contribution in [1.29, 1.82) is 0 Å². The highest BCUT2D eigenvalue weighted by molar-refractivity contribution is 7.09. The largest absolute Gasteiger partial charge is 0.282 e. The molecule has 62 valence electrons. The average molecular weight is 179 g/mol. The Labute approximate surface area is 74.5 Å². The van der Waals surface area contributed by atoms with Crippen molar-refractivity contribution in [1.82, 2.24) is 15.2 Å². The van der Waals surface area contributed by atoms with Gasteiger partial charge in [-0.1, -0.05) is 0 Å². The van der Waals surface area contributed by atoms with Crippen LogP contribution in [0.2, 0.25) is 0 Å². The third-order valence-corrected chi connectivity index (χ3v) is 2.42. The number of aromatic nitrogens is 3. The fraction of sp³-hybridized carbons (Fsp3) is 0.250. The molecular formula is C8H9N3S. The van der Waals surface area contributed by atoms with Gasteiger partial charge in [0.2, 0.25) is 0 Å². The molecule has 1 N–H and O–H groups in total. The van der Waals surface area contributed by atoms with Crippen LogP contribution in [0.25, 0.3) is 0 Å². The zero-order valence-corrected chi connectivity index (χ0v) is 7.56. The smallest absolute Gasteiger partial charge is 0.0897 e. The van der Waals surface area contributed by atoms with Gasteiger partial charge in [0.05, 0.1) is 10.7 Å². The first-order chi connectivity index (χ1) is 5.84. The minimum atomic E-state index is 0.852. The van der Waals surface area contributed by atoms with E-state index in [1.165, 1.54) is 0 Å². The average Bonchev–Trinajstić information content (AvgIpc) is 2.63. The van der Waals surface area contributed by atoms with Crippen LogP contribution in [0.15, 0.2) is 17.6 Å². The SMILES string of the molecule is Cc1nc(Cc2ccn[nH]2)cs1. The highest BCUT2D eigenvalue weighted by Gasteiger charge is 2.00. The maximum absolute atomic E-state index is 4.36. The van der Waals surface area contributed by atoms with E-state index in [0.717, 1.165) is 22.8 Å². The number of nitrogens with zero attached hydrogens (tertiary/aromatic N) is 2. The van der Waals surface area contributed by atoms with Crippen molar-refractivity contribution in [3.8, 4) is 0 Å². The molecule has 2 heterocycles. The molecule has 3 nitrogen and oxygen atoms in total. The molecule has 2 aromatic heterocycles. The lowest BCUT2D eigenvalue weighted by Gasteiger charge is -1.90. The van der Waals surface area contributed by atoms with Crippen LogP contribution in [0.5, 0.6) is 0 Å². The van der Waals surface area contributed by atoms with E-state index in [4.69, 9.17) is 0 Å². The Bertz CT molecular complexity index is 350. The Balaban J connectivity index is 2.14. The Morgan fingerprint density at radius 3 is 3.08 bits per heavy atom. The maximum Gasteiger partial charge on any atom is 0.0897 e. The van der Waals surface area contributed by atoms with E-state index in [1.54, 1.807) is 17.5 Å². The van der Waals surface area contributed by atoms with Crippen LogP contribution < -0.4 is 0 Å². The van der Waals surface area contributed by atoms with Gasteiger partial charge in [-0.15, -0.1) is 11.3 Å². The predicted octanol–water partition coefficient (Wildman–Crippen LogP) is 1.77. The highest BCUT2D eigenvalue weighted by atomic mass is 32.1. The zero-order valence-electron chi connectivity index (χ0n) is 6.74. The minimum Gasteiger partial charge on any atom is -0.282 e. The van der Waals surface area contributed by atoms with Crippen molar-refractivity contribution < 1.29 is 0 Å². The standard InChI is InChI=1S/C8H9N3S/c1-6-10-8(5-12-6)4-7-2-3-9-11-7/h2-3,5H,4H2,1H3,(H,9,11). The van der Waals surface area contributed by atoms with E-state index in [-0.39, 0.29) is 0 Å². The van der Waals surface area contributed by atoms with Gasteiger partial charge in [0.15, 0.2) is 0 Å². The Kier molecular flexibility index (Phi) is 1.91. The number of hydrogen-bond acceptors (Lipinski definition) is 3. The molecule has 0 aliphatic heterocycles. The first-order valence-electron chi connectivity index (χ1n) is 3.74. The zero-order chi connectivity index (χ0) is 8.39. The first-order valence-corrected chi connectivity index (χ1v) is 4.62. The second-order valence-corrected chi connectivity index (χ2v) is 3.68. The molecule has 12 heavy (non-hydrogen) atoms. The van der Waals surface area contributed by atoms with Crippen LogP contribution >= 0.6 is 11.3 Å². The van der Waals surface area contributed by atoms with Crippen molar-refractivity contribution in [3.05, 3.63) is 34.0 Å². The van der Waals surface area contributed by atoms with E-state index >= 15 is 0 Å². The topological polar surface area (TPSA) is 41.6 Å². The molecule has 2 aromatic rings. The molecular weight excluding hydrogens is 170 g/mol. The summed E-state index contributed by atoms with van der Waals surface area (Å²) in [5.41, 5.74) is 2.22. The molecule has 0 radical (unpaired) electrons. The number of H-pyrrole nitrogens is 1. The van der Waals surface area contributed by atoms with Gasteiger partial charge >= 0.3 is 0 Å². The fourth-order valence-corrected chi connectivity index (χ4v) is 1.68. The molecule has 0 saturated heterocycles. The van der Waals surface area contributed by atoms with Crippen LogP contribution in [-0.2, 0) is 6.42 Å². The van der Waals surface area contributed by atoms with Crippen LogP contribution in [-0.4, -0.2) is 15.2 Å². The summed E-state index contributed by atoms with van der Waals surface area (Å²) >= 11 is 1.68. The minimum absolute atomic E-state index is 0.852. The number of thiazole rings is 1. The lowest BCUT2D eigenvalue weighted by Crippen LogP contribution is -1.88. The van der Waals surface area contributed by atoms with Crippen molar-refractivity contribution in [2.45, 2.75) is 13.3 Å². The lowest BCUT2D eigenvalue weighted by molar-refractivity contribution is 0.972. The molecule has 4 heteroatoms. The van der Waals surface area contributed by atoms with Gasteiger partial charge in [0.25, 0.3) is 0 Å². The van der Waals surface area contributed by atoms with E-state index in [9.17, 15) is 0 Å². The van der Waals surface area contributed by atoms with Gasteiger partial charge in [-0.05, 0) is 13.0 Å². The Morgan fingerprint density at radius 2 is 2.50 bits per heavy atom. The summed E-state index contributed by atoms with van der Waals surface area (Å²) in [6, 6.07) is 1.97. The molecule has 0 unspecified atom stereocenters. The number of aryl methyl sites for hydroxylation is 1. The van der Waals surface area contributed by atoms with Crippen LogP contribution in [0.4, 0.5) is 0 Å². The monoisotopic (exact) mass is 179 g/mol. The predicted molar refractivity (Wildman–Crippen MR) is 48.2 cm³/mol. The van der Waals surface area contributed by atoms with E-state index < -0.39 is 0 Å². The molecule has 0 aromatic carbocycles. The van der Waals surface area contributed by atoms with Crippen LogP contribution in [0, 0.1) is 6.92 Å². The summed E-state index contributed by atoms with van der Waals surface area (Å²) in [6.07, 6.45) is 2.61. The summed E-state index contributed by atoms with van der Waals surface area (Å²) in [5, 5.41) is 9.98. The summed E-state index contributed by atoms with van der Waals surface area (Å²) < 4.78 is 0. The summed E-state index contributed by atoms with van der Waals surface area (Å²) in [6.45, 7) is 2.02. The molecule has 0 atom stereocenters. The van der Waals surface area contributed by atoms with Crippen molar-refractivity contribution in [2.75, 3.05) is 0 Å². The summed E-state index contributed by atoms with van der Waals surface area (Å²) in [5.74, 6) is 0. The van der Waals surface area contributed by atoms with Gasteiger partial charge in [0.1, 0.15) is 0 Å². The summed E-state index contributed by atoms with van der Waals surface area (Å²) in [4.78, 5) is 4.36. The van der Waals surface area contributed by atoms with Gasteiger partial charge in [-0.2, -0.15) is 5.10 Å². The lowest BCUT2D eigenvalue weighted by atomic mass is 10.3. The van der Waals surface area contributed by atoms with Gasteiger partial charge in [-0.3, -0.25) is 5.10 Å². The van der Waals surface area contributed by atoms with Gasteiger partial charge in [0, 0.05) is 23.7 Å². The normalized spacial score (nSPS) is 10.4. The number of rotatable bonds is 2. The second-order valence-electron chi connectivity index (χ2n) is 2.62. The van der Waals surface area contributed by atoms with Gasteiger partial charge in [-0.25, -0.2) is 4.98 Å². The third-order valence-electron chi connectivity index (χ3n) is 1.60. The number of nitrogens with one attached hydrogen (secondary N) is 1. The number of hydrogen-bond donors (Lipinski definition) is 1. The Morgan fingerprint density at radius 1 is 1.58 bits per heavy atom. The Hall–Kier alpha value is -1.16. The molecule has 0 aliphatic carbocycles. The molecule has 0 saturated carbocycles. The van der Waals surface area contributed by atoms with Crippen molar-refractivity contribution in [2.24, 2.45) is 0 Å². The fourth-order valence-electron chi connectivity index (χ4n) is 1.07. The number of aromatic amines is 1. The van der Waals surface area contributed by atoms with Crippen molar-refractivity contribution in [3.63, 3.8) is 0 Å². The van der Waals surface area contributed by atoms with E-state index in [2.05, 4.69) is 20.6 Å². The van der Waals surface area contributed by atoms with E-state index in [0.29, 0.717) is 0 Å². The highest BCUT2D eigenvalue weighted by Crippen LogP contribution is 2.10. The van der Waals surface area contributed by atoms with E-state index in [1.807, 2.05) is 13.0 Å². The maximum atomic E-state index is 4.36. The van der Waals surface area contributed by atoms with Crippen LogP contribution in [0.1, 0.15) is 16.4 Å². The van der Waals surface area contributed by atoms with Crippen molar-refractivity contribution >= 4 is 11.3 Å². The van der Waals surface area contributed by atoms with Crippen LogP contribution in [0.3, 0.4) is 0 Å². The molecule has 0 bridgehead atoms. The molecule has 2 rings (SSSR count). The van der Waals surface area contributed by atoms with Gasteiger partial charge < -0.3 is 0 Å². The first kappa shape index (κ1) is 7.49. The quantitative estimate of drug-likeness (QED) is 0.763. The second kappa shape index (κ2) is 3.06.